The van der Waals surface area contributed by atoms with Crippen molar-refractivity contribution < 1.29 is 28.4 Å². The van der Waals surface area contributed by atoms with Crippen molar-refractivity contribution in [2.45, 2.75) is 6.92 Å². The highest BCUT2D eigenvalue weighted by atomic mass is 16.6. The van der Waals surface area contributed by atoms with E-state index in [0.29, 0.717) is 23.7 Å². The molecule has 0 saturated carbocycles. The fourth-order valence-corrected chi connectivity index (χ4v) is 2.76. The summed E-state index contributed by atoms with van der Waals surface area (Å²) >= 11 is 0. The van der Waals surface area contributed by atoms with E-state index in [1.54, 1.807) is 43.3 Å². The van der Waals surface area contributed by atoms with Gasteiger partial charge in [0, 0.05) is 17.7 Å². The maximum atomic E-state index is 12.4. The zero-order valence-electron chi connectivity index (χ0n) is 17.2. The van der Waals surface area contributed by atoms with Gasteiger partial charge in [-0.25, -0.2) is 10.2 Å². The number of benzene rings is 2. The van der Waals surface area contributed by atoms with Crippen molar-refractivity contribution in [2.75, 3.05) is 13.7 Å². The van der Waals surface area contributed by atoms with E-state index in [0.717, 1.165) is 11.6 Å². The monoisotopic (exact) mass is 437 g/mol. The summed E-state index contributed by atoms with van der Waals surface area (Å²) in [7, 11) is 1.35. The van der Waals surface area contributed by atoms with Crippen molar-refractivity contribution in [2.24, 2.45) is 5.10 Å². The van der Waals surface area contributed by atoms with Crippen LogP contribution in [0.1, 0.15) is 33.4 Å². The van der Waals surface area contributed by atoms with Crippen LogP contribution in [0.25, 0.3) is 11.3 Å². The zero-order valence-corrected chi connectivity index (χ0v) is 17.2. The van der Waals surface area contributed by atoms with Crippen LogP contribution in [-0.4, -0.2) is 36.7 Å². The van der Waals surface area contributed by atoms with Crippen LogP contribution >= 0.6 is 0 Å². The second kappa shape index (κ2) is 10.0. The molecule has 2 aromatic carbocycles. The summed E-state index contributed by atoms with van der Waals surface area (Å²) in [5.41, 5.74) is 3.19. The second-order valence-corrected chi connectivity index (χ2v) is 6.34. The van der Waals surface area contributed by atoms with E-state index in [9.17, 15) is 19.7 Å². The van der Waals surface area contributed by atoms with Crippen LogP contribution in [-0.2, 0) is 4.74 Å². The van der Waals surface area contributed by atoms with E-state index >= 15 is 0 Å². The third-order valence-electron chi connectivity index (χ3n) is 4.30. The number of nitro groups is 1. The Kier molecular flexibility index (Phi) is 6.96. The topological polar surface area (TPSA) is 133 Å². The highest BCUT2D eigenvalue weighted by Crippen LogP contribution is 2.24. The molecule has 0 aliphatic heterocycles. The molecular weight excluding hydrogens is 418 g/mol. The summed E-state index contributed by atoms with van der Waals surface area (Å²) in [5.74, 6) is -0.00487. The van der Waals surface area contributed by atoms with Crippen LogP contribution in [0.5, 0.6) is 5.75 Å². The third kappa shape index (κ3) is 5.17. The molecule has 3 rings (SSSR count). The van der Waals surface area contributed by atoms with Gasteiger partial charge >= 0.3 is 5.97 Å². The van der Waals surface area contributed by atoms with Crippen LogP contribution in [0, 0.1) is 10.1 Å². The molecule has 1 aromatic heterocycles. The van der Waals surface area contributed by atoms with Gasteiger partial charge < -0.3 is 13.9 Å². The second-order valence-electron chi connectivity index (χ2n) is 6.34. The van der Waals surface area contributed by atoms with Crippen LogP contribution in [0.2, 0.25) is 0 Å². The number of hydrazone groups is 1. The highest BCUT2D eigenvalue weighted by molar-refractivity contribution is 5.98. The van der Waals surface area contributed by atoms with Crippen molar-refractivity contribution in [3.05, 3.63) is 81.6 Å². The Morgan fingerprint density at radius 3 is 2.56 bits per heavy atom. The number of rotatable bonds is 8. The number of ether oxygens (including phenoxy) is 2. The van der Waals surface area contributed by atoms with Crippen LogP contribution < -0.4 is 10.2 Å². The van der Waals surface area contributed by atoms with Gasteiger partial charge in [0.25, 0.3) is 11.6 Å². The van der Waals surface area contributed by atoms with E-state index in [4.69, 9.17) is 13.9 Å². The summed E-state index contributed by atoms with van der Waals surface area (Å²) in [6.45, 7) is 2.03. The van der Waals surface area contributed by atoms with Gasteiger partial charge in [0.2, 0.25) is 0 Å². The molecule has 0 bridgehead atoms. The molecule has 1 amide bonds. The van der Waals surface area contributed by atoms with Crippen LogP contribution in [0.15, 0.2) is 64.1 Å². The standard InChI is InChI=1S/C22H19N3O7/c1-3-31-22(27)15-6-4-14(5-7-15)19-11-9-17(32-19)13-23-24-21(26)18-12-16(25(28)29)8-10-20(18)30-2/h4-13H,3H2,1-2H3,(H,24,26)/b23-13-. The lowest BCUT2D eigenvalue weighted by atomic mass is 10.1. The van der Waals surface area contributed by atoms with E-state index in [1.165, 1.54) is 25.5 Å². The molecule has 1 heterocycles. The SMILES string of the molecule is CCOC(=O)c1ccc(-c2ccc(/C=N\NC(=O)c3cc([N+](=O)[O-])ccc3OC)o2)cc1. The van der Waals surface area contributed by atoms with E-state index in [-0.39, 0.29) is 17.0 Å². The van der Waals surface area contributed by atoms with Crippen LogP contribution in [0.4, 0.5) is 5.69 Å². The Bertz CT molecular complexity index is 1170. The fraction of sp³-hybridized carbons (Fsp3) is 0.136. The van der Waals surface area contributed by atoms with E-state index in [1.807, 2.05) is 0 Å². The lowest BCUT2D eigenvalue weighted by Crippen LogP contribution is -2.18. The number of methoxy groups -OCH3 is 1. The molecule has 0 atom stereocenters. The molecule has 0 fully saturated rings. The number of amides is 1. The van der Waals surface area contributed by atoms with Gasteiger partial charge in [-0.15, -0.1) is 0 Å². The number of esters is 1. The average Bonchev–Trinajstić information content (AvgIpc) is 3.27. The maximum absolute atomic E-state index is 12.4. The van der Waals surface area contributed by atoms with Gasteiger partial charge in [-0.05, 0) is 37.3 Å². The predicted molar refractivity (Wildman–Crippen MR) is 115 cm³/mol. The fourth-order valence-electron chi connectivity index (χ4n) is 2.76. The molecular formula is C22H19N3O7. The summed E-state index contributed by atoms with van der Waals surface area (Å²) in [4.78, 5) is 34.4. The molecule has 1 N–H and O–H groups in total. The lowest BCUT2D eigenvalue weighted by Gasteiger charge is -2.06. The summed E-state index contributed by atoms with van der Waals surface area (Å²) < 4.78 is 15.7. The van der Waals surface area contributed by atoms with E-state index < -0.39 is 16.8 Å². The number of nitrogens with one attached hydrogen (secondary N) is 1. The van der Waals surface area contributed by atoms with E-state index in [2.05, 4.69) is 10.5 Å². The molecule has 32 heavy (non-hydrogen) atoms. The van der Waals surface area contributed by atoms with Crippen LogP contribution in [0.3, 0.4) is 0 Å². The first-order chi connectivity index (χ1) is 15.4. The molecule has 0 saturated heterocycles. The number of non-ortho nitro benzene ring substituents is 1. The smallest absolute Gasteiger partial charge is 0.338 e. The molecule has 0 aliphatic rings. The van der Waals surface area contributed by atoms with Crippen molar-refractivity contribution in [1.82, 2.24) is 5.43 Å². The Morgan fingerprint density at radius 1 is 1.16 bits per heavy atom. The predicted octanol–water partition coefficient (Wildman–Crippen LogP) is 3.80. The summed E-state index contributed by atoms with van der Waals surface area (Å²) in [6, 6.07) is 13.8. The number of hydrogen-bond acceptors (Lipinski definition) is 8. The summed E-state index contributed by atoms with van der Waals surface area (Å²) in [5, 5.41) is 14.8. The van der Waals surface area contributed by atoms with Gasteiger partial charge in [0.15, 0.2) is 0 Å². The minimum absolute atomic E-state index is 0.0272. The molecule has 0 spiro atoms. The third-order valence-corrected chi connectivity index (χ3v) is 4.30. The minimum Gasteiger partial charge on any atom is -0.496 e. The average molecular weight is 437 g/mol. The molecule has 0 aliphatic carbocycles. The first kappa shape index (κ1) is 22.2. The van der Waals surface area contributed by atoms with Crippen molar-refractivity contribution in [1.29, 1.82) is 0 Å². The first-order valence-electron chi connectivity index (χ1n) is 9.46. The maximum Gasteiger partial charge on any atom is 0.338 e. The molecule has 164 valence electrons. The highest BCUT2D eigenvalue weighted by Gasteiger charge is 2.17. The molecule has 0 radical (unpaired) electrons. The Morgan fingerprint density at radius 2 is 1.91 bits per heavy atom. The lowest BCUT2D eigenvalue weighted by molar-refractivity contribution is -0.384. The van der Waals surface area contributed by atoms with Gasteiger partial charge in [-0.2, -0.15) is 5.10 Å². The summed E-state index contributed by atoms with van der Waals surface area (Å²) in [6.07, 6.45) is 1.29. The molecule has 10 heteroatoms. The Labute approximate surface area is 182 Å². The largest absolute Gasteiger partial charge is 0.496 e. The molecule has 10 nitrogen and oxygen atoms in total. The van der Waals surface area contributed by atoms with Gasteiger partial charge in [0.05, 0.1) is 36.0 Å². The Hall–Kier alpha value is -4.47. The number of nitrogens with zero attached hydrogens (tertiary/aromatic N) is 2. The van der Waals surface area contributed by atoms with Crippen molar-refractivity contribution in [3.63, 3.8) is 0 Å². The zero-order chi connectivity index (χ0) is 23.1. The first-order valence-corrected chi connectivity index (χ1v) is 9.46. The quantitative estimate of drug-likeness (QED) is 0.245. The Balaban J connectivity index is 1.68. The van der Waals surface area contributed by atoms with Crippen molar-refractivity contribution >= 4 is 23.8 Å². The number of carbonyl (C=O) groups is 2. The van der Waals surface area contributed by atoms with Gasteiger partial charge in [-0.1, -0.05) is 12.1 Å². The number of furan rings is 1. The minimum atomic E-state index is -0.678. The normalized spacial score (nSPS) is 10.7. The van der Waals surface area contributed by atoms with Crippen molar-refractivity contribution in [3.8, 4) is 17.1 Å². The number of carbonyl (C=O) groups excluding carboxylic acids is 2. The number of nitro benzene ring substituents is 1. The number of hydrogen-bond donors (Lipinski definition) is 1. The van der Waals surface area contributed by atoms with Gasteiger partial charge in [0.1, 0.15) is 17.3 Å². The molecule has 0 unspecified atom stereocenters. The molecule has 3 aromatic rings. The van der Waals surface area contributed by atoms with Gasteiger partial charge in [-0.3, -0.25) is 14.9 Å².